The highest BCUT2D eigenvalue weighted by atomic mass is 35.5. The Morgan fingerprint density at radius 2 is 2.08 bits per heavy atom. The van der Waals surface area contributed by atoms with Crippen LogP contribution in [-0.2, 0) is 16.8 Å². The van der Waals surface area contributed by atoms with Crippen molar-refractivity contribution in [2.24, 2.45) is 0 Å². The van der Waals surface area contributed by atoms with Crippen LogP contribution >= 0.6 is 11.6 Å². The van der Waals surface area contributed by atoms with Crippen molar-refractivity contribution in [1.82, 2.24) is 10.3 Å². The van der Waals surface area contributed by atoms with Crippen molar-refractivity contribution < 1.29 is 4.79 Å². The number of hydrogen-bond donors (Lipinski definition) is 2. The van der Waals surface area contributed by atoms with Crippen molar-refractivity contribution >= 4 is 34.1 Å². The molecule has 0 unspecified atom stereocenters. The molecule has 4 nitrogen and oxygen atoms in total. The predicted molar refractivity (Wildman–Crippen MR) is 105 cm³/mol. The number of carbonyl (C=O) groups excluding carboxylic acids is 1. The van der Waals surface area contributed by atoms with E-state index in [-0.39, 0.29) is 5.91 Å². The van der Waals surface area contributed by atoms with Crippen molar-refractivity contribution in [1.29, 1.82) is 0 Å². The molecule has 0 aliphatic carbocycles. The van der Waals surface area contributed by atoms with E-state index in [2.05, 4.69) is 23.3 Å². The monoisotopic (exact) mass is 365 g/mol. The molecule has 26 heavy (non-hydrogen) atoms. The smallest absolute Gasteiger partial charge is 0.258 e. The number of H-pyrrole nitrogens is 1. The standard InChI is InChI=1S/C21H20ClN3O/c1-2-11-25-18-6-4-3-5-16(18)21(20(25)26)19-14(9-10-23-21)15-12-13(22)7-8-17(15)24-19/h3-8,12,23-24H,2,9-11H2,1H3/t21-/m0/s1. The highest BCUT2D eigenvalue weighted by molar-refractivity contribution is 6.31. The predicted octanol–water partition coefficient (Wildman–Crippen LogP) is 3.97. The normalized spacial score (nSPS) is 21.5. The van der Waals surface area contributed by atoms with Crippen LogP contribution < -0.4 is 10.2 Å². The first-order valence-corrected chi connectivity index (χ1v) is 9.51. The Morgan fingerprint density at radius 3 is 2.92 bits per heavy atom. The molecule has 1 atom stereocenters. The Hall–Kier alpha value is -2.30. The van der Waals surface area contributed by atoms with E-state index in [1.165, 1.54) is 5.56 Å². The van der Waals surface area contributed by atoms with Crippen molar-refractivity contribution in [2.45, 2.75) is 25.3 Å². The van der Waals surface area contributed by atoms with Crippen LogP contribution in [0.1, 0.15) is 30.2 Å². The third kappa shape index (κ3) is 1.91. The van der Waals surface area contributed by atoms with Crippen molar-refractivity contribution in [3.63, 3.8) is 0 Å². The lowest BCUT2D eigenvalue weighted by Gasteiger charge is -2.34. The fraction of sp³-hybridized carbons (Fsp3) is 0.286. The van der Waals surface area contributed by atoms with Crippen LogP contribution in [0.15, 0.2) is 42.5 Å². The molecule has 0 saturated heterocycles. The number of aromatic amines is 1. The molecule has 3 heterocycles. The maximum Gasteiger partial charge on any atom is 0.258 e. The summed E-state index contributed by atoms with van der Waals surface area (Å²) in [5.41, 5.74) is 4.42. The topological polar surface area (TPSA) is 48.1 Å². The Labute approximate surface area is 157 Å². The summed E-state index contributed by atoms with van der Waals surface area (Å²) in [5.74, 6) is 0.110. The van der Waals surface area contributed by atoms with Gasteiger partial charge in [0.2, 0.25) is 0 Å². The lowest BCUT2D eigenvalue weighted by molar-refractivity contribution is -0.123. The second-order valence-corrected chi connectivity index (χ2v) is 7.51. The zero-order chi connectivity index (χ0) is 17.9. The number of nitrogens with zero attached hydrogens (tertiary/aromatic N) is 1. The molecular formula is C21H20ClN3O. The van der Waals surface area contributed by atoms with Crippen LogP contribution in [0.4, 0.5) is 5.69 Å². The van der Waals surface area contributed by atoms with Crippen LogP contribution in [0.2, 0.25) is 5.02 Å². The summed E-state index contributed by atoms with van der Waals surface area (Å²) in [5, 5.41) is 5.40. The van der Waals surface area contributed by atoms with E-state index in [1.807, 2.05) is 41.3 Å². The van der Waals surface area contributed by atoms with Crippen LogP contribution in [0.3, 0.4) is 0 Å². The van der Waals surface area contributed by atoms with Gasteiger partial charge in [-0.25, -0.2) is 0 Å². The molecule has 2 aliphatic heterocycles. The number of amides is 1. The Morgan fingerprint density at radius 1 is 1.23 bits per heavy atom. The average molecular weight is 366 g/mol. The zero-order valence-corrected chi connectivity index (χ0v) is 15.4. The van der Waals surface area contributed by atoms with Crippen molar-refractivity contribution in [3.05, 3.63) is 64.3 Å². The number of rotatable bonds is 2. The largest absolute Gasteiger partial charge is 0.356 e. The van der Waals surface area contributed by atoms with E-state index in [4.69, 9.17) is 11.6 Å². The van der Waals surface area contributed by atoms with E-state index in [1.54, 1.807) is 0 Å². The van der Waals surface area contributed by atoms with Crippen molar-refractivity contribution in [3.8, 4) is 0 Å². The Balaban J connectivity index is 1.81. The van der Waals surface area contributed by atoms with E-state index >= 15 is 0 Å². The summed E-state index contributed by atoms with van der Waals surface area (Å²) in [6, 6.07) is 14.0. The quantitative estimate of drug-likeness (QED) is 0.722. The summed E-state index contributed by atoms with van der Waals surface area (Å²) in [4.78, 5) is 19.1. The van der Waals surface area contributed by atoms with Gasteiger partial charge in [0.05, 0.1) is 5.69 Å². The molecule has 1 aromatic heterocycles. The first kappa shape index (κ1) is 15.9. The molecule has 1 spiro atoms. The number of carbonyl (C=O) groups is 1. The molecule has 2 aliphatic rings. The SMILES string of the molecule is CCCN1C(=O)[C@]2(NCCc3c2[nH]c2ccc(Cl)cc32)c2ccccc21. The van der Waals surface area contributed by atoms with Crippen LogP contribution in [0, 0.1) is 0 Å². The third-order valence-corrected chi connectivity index (χ3v) is 5.86. The van der Waals surface area contributed by atoms with Gasteiger partial charge < -0.3 is 9.88 Å². The second-order valence-electron chi connectivity index (χ2n) is 7.07. The maximum absolute atomic E-state index is 13.7. The second kappa shape index (κ2) is 5.60. The molecule has 0 radical (unpaired) electrons. The molecule has 5 rings (SSSR count). The maximum atomic E-state index is 13.7. The Kier molecular flexibility index (Phi) is 3.43. The van der Waals surface area contributed by atoms with Crippen LogP contribution in [0.5, 0.6) is 0 Å². The van der Waals surface area contributed by atoms with E-state index in [0.29, 0.717) is 0 Å². The molecule has 0 bridgehead atoms. The summed E-state index contributed by atoms with van der Waals surface area (Å²) in [6.07, 6.45) is 1.80. The van der Waals surface area contributed by atoms with E-state index < -0.39 is 5.54 Å². The number of nitrogens with one attached hydrogen (secondary N) is 2. The zero-order valence-electron chi connectivity index (χ0n) is 14.6. The summed E-state index contributed by atoms with van der Waals surface area (Å²) >= 11 is 6.24. The van der Waals surface area contributed by atoms with Gasteiger partial charge >= 0.3 is 0 Å². The number of para-hydroxylation sites is 1. The average Bonchev–Trinajstić information content (AvgIpc) is 3.13. The summed E-state index contributed by atoms with van der Waals surface area (Å²) < 4.78 is 0. The van der Waals surface area contributed by atoms with Gasteiger partial charge in [0.25, 0.3) is 5.91 Å². The van der Waals surface area contributed by atoms with E-state index in [0.717, 1.165) is 58.8 Å². The fourth-order valence-electron chi connectivity index (χ4n) is 4.57. The van der Waals surface area contributed by atoms with Crippen LogP contribution in [-0.4, -0.2) is 24.0 Å². The third-order valence-electron chi connectivity index (χ3n) is 5.62. The lowest BCUT2D eigenvalue weighted by Crippen LogP contribution is -2.55. The van der Waals surface area contributed by atoms with Gasteiger partial charge in [0, 0.05) is 40.3 Å². The fourth-order valence-corrected chi connectivity index (χ4v) is 4.75. The highest BCUT2D eigenvalue weighted by Crippen LogP contribution is 2.47. The first-order valence-electron chi connectivity index (χ1n) is 9.14. The minimum atomic E-state index is -0.829. The molecule has 0 saturated carbocycles. The first-order chi connectivity index (χ1) is 12.7. The molecule has 132 valence electrons. The van der Waals surface area contributed by atoms with E-state index in [9.17, 15) is 4.79 Å². The summed E-state index contributed by atoms with van der Waals surface area (Å²) in [6.45, 7) is 3.58. The number of benzene rings is 2. The number of hydrogen-bond acceptors (Lipinski definition) is 2. The van der Waals surface area contributed by atoms with Gasteiger partial charge in [0.1, 0.15) is 0 Å². The number of anilines is 1. The Bertz CT molecular complexity index is 1040. The molecular weight excluding hydrogens is 346 g/mol. The molecule has 2 aromatic carbocycles. The van der Waals surface area contributed by atoms with Gasteiger partial charge in [-0.15, -0.1) is 0 Å². The van der Waals surface area contributed by atoms with Gasteiger partial charge in [-0.1, -0.05) is 36.7 Å². The van der Waals surface area contributed by atoms with Gasteiger partial charge in [-0.3, -0.25) is 10.1 Å². The molecule has 2 N–H and O–H groups in total. The minimum Gasteiger partial charge on any atom is -0.356 e. The molecule has 5 heteroatoms. The van der Waals surface area contributed by atoms with Gasteiger partial charge in [-0.2, -0.15) is 0 Å². The number of halogens is 1. The van der Waals surface area contributed by atoms with Crippen molar-refractivity contribution in [2.75, 3.05) is 18.0 Å². The molecule has 0 fully saturated rings. The molecule has 3 aromatic rings. The van der Waals surface area contributed by atoms with Crippen LogP contribution in [0.25, 0.3) is 10.9 Å². The number of aromatic nitrogens is 1. The molecule has 1 amide bonds. The lowest BCUT2D eigenvalue weighted by atomic mass is 9.82. The van der Waals surface area contributed by atoms with Gasteiger partial charge in [0.15, 0.2) is 5.54 Å². The minimum absolute atomic E-state index is 0.110. The van der Waals surface area contributed by atoms with Gasteiger partial charge in [-0.05, 0) is 42.7 Å². The summed E-state index contributed by atoms with van der Waals surface area (Å²) in [7, 11) is 0. The number of fused-ring (bicyclic) bond motifs is 6. The highest BCUT2D eigenvalue weighted by Gasteiger charge is 2.54.